The zero-order valence-corrected chi connectivity index (χ0v) is 12.6. The van der Waals surface area contributed by atoms with Crippen LogP contribution in [0.3, 0.4) is 0 Å². The Morgan fingerprint density at radius 1 is 1.35 bits per heavy atom. The molecule has 1 atom stereocenters. The van der Waals surface area contributed by atoms with Crippen molar-refractivity contribution >= 4 is 12.0 Å². The molecule has 0 aliphatic heterocycles. The Labute approximate surface area is 120 Å². The maximum atomic E-state index is 11.7. The van der Waals surface area contributed by atoms with Gasteiger partial charge in [-0.05, 0) is 24.2 Å². The zero-order chi connectivity index (χ0) is 15.2. The first-order chi connectivity index (χ1) is 9.29. The number of rotatable bonds is 8. The van der Waals surface area contributed by atoms with Gasteiger partial charge in [0.25, 0.3) is 0 Å². The number of aliphatic carboxylic acids is 1. The van der Waals surface area contributed by atoms with Crippen LogP contribution >= 0.6 is 0 Å². The van der Waals surface area contributed by atoms with Crippen LogP contribution < -0.4 is 10.6 Å². The molecule has 0 radical (unpaired) electrons. The van der Waals surface area contributed by atoms with Crippen molar-refractivity contribution in [1.82, 2.24) is 10.6 Å². The molecule has 1 fully saturated rings. The highest BCUT2D eigenvalue weighted by Crippen LogP contribution is 2.28. The summed E-state index contributed by atoms with van der Waals surface area (Å²) in [6.45, 7) is 7.40. The van der Waals surface area contributed by atoms with Crippen molar-refractivity contribution in [2.45, 2.75) is 46.1 Å². The van der Waals surface area contributed by atoms with Crippen molar-refractivity contribution in [3.63, 3.8) is 0 Å². The molecule has 0 aromatic heterocycles. The van der Waals surface area contributed by atoms with Crippen LogP contribution in [0.5, 0.6) is 0 Å². The topological polar surface area (TPSA) is 87.7 Å². The molecule has 3 N–H and O–H groups in total. The molecule has 1 unspecified atom stereocenters. The Morgan fingerprint density at radius 3 is 2.50 bits per heavy atom. The van der Waals surface area contributed by atoms with E-state index in [1.54, 1.807) is 0 Å². The van der Waals surface area contributed by atoms with E-state index in [2.05, 4.69) is 10.6 Å². The number of carbonyl (C=O) groups is 2. The van der Waals surface area contributed by atoms with Crippen molar-refractivity contribution in [2.24, 2.45) is 11.3 Å². The quantitative estimate of drug-likeness (QED) is 0.591. The van der Waals surface area contributed by atoms with Gasteiger partial charge in [-0.3, -0.25) is 4.79 Å². The Bertz CT molecular complexity index is 335. The summed E-state index contributed by atoms with van der Waals surface area (Å²) >= 11 is 0. The van der Waals surface area contributed by atoms with Crippen LogP contribution in [-0.2, 0) is 9.53 Å². The van der Waals surface area contributed by atoms with E-state index in [1.165, 1.54) is 12.8 Å². The number of carbonyl (C=O) groups excluding carboxylic acids is 1. The Hall–Kier alpha value is -1.30. The first-order valence-electron chi connectivity index (χ1n) is 7.13. The van der Waals surface area contributed by atoms with E-state index in [9.17, 15) is 9.59 Å². The minimum Gasteiger partial charge on any atom is -0.481 e. The van der Waals surface area contributed by atoms with Gasteiger partial charge >= 0.3 is 12.0 Å². The molecule has 0 spiro atoms. The molecule has 1 saturated carbocycles. The number of nitrogens with one attached hydrogen (secondary N) is 2. The number of hydrogen-bond donors (Lipinski definition) is 3. The predicted octanol–water partition coefficient (Wildman–Crippen LogP) is 1.60. The van der Waals surface area contributed by atoms with Crippen molar-refractivity contribution in [2.75, 3.05) is 19.8 Å². The summed E-state index contributed by atoms with van der Waals surface area (Å²) in [5.41, 5.74) is -0.307. The second-order valence-corrected chi connectivity index (χ2v) is 6.44. The van der Waals surface area contributed by atoms with Crippen molar-refractivity contribution in [1.29, 1.82) is 0 Å². The molecule has 6 heteroatoms. The first kappa shape index (κ1) is 16.8. The lowest BCUT2D eigenvalue weighted by atomic mass is 9.85. The third-order valence-corrected chi connectivity index (χ3v) is 3.31. The maximum Gasteiger partial charge on any atom is 0.315 e. The van der Waals surface area contributed by atoms with Crippen LogP contribution in [0.25, 0.3) is 0 Å². The van der Waals surface area contributed by atoms with Gasteiger partial charge in [-0.25, -0.2) is 4.79 Å². The lowest BCUT2D eigenvalue weighted by molar-refractivity contribution is -0.138. The highest BCUT2D eigenvalue weighted by Gasteiger charge is 2.28. The summed E-state index contributed by atoms with van der Waals surface area (Å²) in [6, 6.07) is -0.756. The van der Waals surface area contributed by atoms with E-state index < -0.39 is 12.0 Å². The Kier molecular flexibility index (Phi) is 6.26. The van der Waals surface area contributed by atoms with Crippen LogP contribution in [0, 0.1) is 11.3 Å². The van der Waals surface area contributed by atoms with Crippen LogP contribution in [0.4, 0.5) is 4.79 Å². The van der Waals surface area contributed by atoms with E-state index in [4.69, 9.17) is 9.84 Å². The summed E-state index contributed by atoms with van der Waals surface area (Å²) < 4.78 is 5.41. The molecule has 0 aromatic carbocycles. The Balaban J connectivity index is 2.20. The van der Waals surface area contributed by atoms with Crippen LogP contribution in [0.2, 0.25) is 0 Å². The van der Waals surface area contributed by atoms with Crippen molar-refractivity contribution in [3.8, 4) is 0 Å². The standard InChI is InChI=1S/C14H26N2O4/c1-14(2,3)11(8-12(17)18)16-13(19)15-6-7-20-9-10-4-5-10/h10-11H,4-9H2,1-3H3,(H,17,18)(H2,15,16,19). The van der Waals surface area contributed by atoms with Gasteiger partial charge in [0.1, 0.15) is 0 Å². The summed E-state index contributed by atoms with van der Waals surface area (Å²) in [5, 5.41) is 14.3. The van der Waals surface area contributed by atoms with E-state index in [0.29, 0.717) is 19.1 Å². The van der Waals surface area contributed by atoms with E-state index in [0.717, 1.165) is 6.61 Å². The molecule has 2 amide bonds. The fourth-order valence-corrected chi connectivity index (χ4v) is 1.73. The molecule has 116 valence electrons. The van der Waals surface area contributed by atoms with Gasteiger partial charge in [0.15, 0.2) is 0 Å². The number of amides is 2. The molecule has 1 rings (SSSR count). The van der Waals surface area contributed by atoms with Gasteiger partial charge in [-0.15, -0.1) is 0 Å². The maximum absolute atomic E-state index is 11.7. The number of urea groups is 1. The number of ether oxygens (including phenoxy) is 1. The smallest absolute Gasteiger partial charge is 0.315 e. The lowest BCUT2D eigenvalue weighted by Gasteiger charge is -2.30. The molecule has 1 aliphatic rings. The van der Waals surface area contributed by atoms with Gasteiger partial charge in [0, 0.05) is 19.2 Å². The van der Waals surface area contributed by atoms with Crippen LogP contribution in [-0.4, -0.2) is 42.9 Å². The van der Waals surface area contributed by atoms with Crippen molar-refractivity contribution in [3.05, 3.63) is 0 Å². The molecule has 20 heavy (non-hydrogen) atoms. The summed E-state index contributed by atoms with van der Waals surface area (Å²) in [7, 11) is 0. The normalized spacial score (nSPS) is 16.6. The SMILES string of the molecule is CC(C)(C)C(CC(=O)O)NC(=O)NCCOCC1CC1. The van der Waals surface area contributed by atoms with Gasteiger partial charge < -0.3 is 20.5 Å². The monoisotopic (exact) mass is 286 g/mol. The highest BCUT2D eigenvalue weighted by molar-refractivity contribution is 5.75. The summed E-state index contributed by atoms with van der Waals surface area (Å²) in [4.78, 5) is 22.5. The third-order valence-electron chi connectivity index (χ3n) is 3.31. The minimum atomic E-state index is -0.919. The molecule has 0 aromatic rings. The second kappa shape index (κ2) is 7.47. The number of carboxylic acid groups (broad SMARTS) is 1. The van der Waals surface area contributed by atoms with Crippen LogP contribution in [0.1, 0.15) is 40.0 Å². The van der Waals surface area contributed by atoms with Crippen LogP contribution in [0.15, 0.2) is 0 Å². The fraction of sp³-hybridized carbons (Fsp3) is 0.857. The van der Waals surface area contributed by atoms with Gasteiger partial charge in [-0.2, -0.15) is 0 Å². The minimum absolute atomic E-state index is 0.0882. The Morgan fingerprint density at radius 2 is 2.00 bits per heavy atom. The van der Waals surface area contributed by atoms with Crippen molar-refractivity contribution < 1.29 is 19.4 Å². The molecular formula is C14H26N2O4. The third kappa shape index (κ3) is 7.33. The molecule has 6 nitrogen and oxygen atoms in total. The molecule has 0 heterocycles. The first-order valence-corrected chi connectivity index (χ1v) is 7.13. The molecule has 0 bridgehead atoms. The van der Waals surface area contributed by atoms with Gasteiger partial charge in [-0.1, -0.05) is 20.8 Å². The van der Waals surface area contributed by atoms with E-state index in [1.807, 2.05) is 20.8 Å². The van der Waals surface area contributed by atoms with Gasteiger partial charge in [0.2, 0.25) is 0 Å². The van der Waals surface area contributed by atoms with E-state index >= 15 is 0 Å². The highest BCUT2D eigenvalue weighted by atomic mass is 16.5. The van der Waals surface area contributed by atoms with Gasteiger partial charge in [0.05, 0.1) is 13.0 Å². The average Bonchev–Trinajstić information content (AvgIpc) is 3.10. The zero-order valence-electron chi connectivity index (χ0n) is 12.6. The lowest BCUT2D eigenvalue weighted by Crippen LogP contribution is -2.49. The number of carboxylic acids is 1. The second-order valence-electron chi connectivity index (χ2n) is 6.44. The van der Waals surface area contributed by atoms with E-state index in [-0.39, 0.29) is 17.9 Å². The molecule has 1 aliphatic carbocycles. The molecule has 0 saturated heterocycles. The largest absolute Gasteiger partial charge is 0.481 e. The summed E-state index contributed by atoms with van der Waals surface area (Å²) in [6.07, 6.45) is 2.40. The average molecular weight is 286 g/mol. The number of hydrogen-bond acceptors (Lipinski definition) is 3. The fourth-order valence-electron chi connectivity index (χ4n) is 1.73. The molecular weight excluding hydrogens is 260 g/mol. The summed E-state index contributed by atoms with van der Waals surface area (Å²) in [5.74, 6) is -0.206. The predicted molar refractivity (Wildman–Crippen MR) is 75.6 cm³/mol.